The summed E-state index contributed by atoms with van der Waals surface area (Å²) in [6.07, 6.45) is -0.0167. The summed E-state index contributed by atoms with van der Waals surface area (Å²) in [5.41, 5.74) is 0.0455. The molecule has 1 unspecified atom stereocenters. The van der Waals surface area contributed by atoms with Gasteiger partial charge >= 0.3 is 0 Å². The Morgan fingerprint density at radius 1 is 1.60 bits per heavy atom. The zero-order valence-corrected chi connectivity index (χ0v) is 8.77. The van der Waals surface area contributed by atoms with E-state index in [1.54, 1.807) is 12.1 Å². The van der Waals surface area contributed by atoms with Gasteiger partial charge in [0.25, 0.3) is 5.69 Å². The maximum Gasteiger partial charge on any atom is 0.273 e. The van der Waals surface area contributed by atoms with E-state index in [0.717, 1.165) is 0 Å². The van der Waals surface area contributed by atoms with Gasteiger partial charge in [-0.25, -0.2) is 0 Å². The summed E-state index contributed by atoms with van der Waals surface area (Å²) in [4.78, 5) is 10.1. The number of rotatable bonds is 5. The predicted molar refractivity (Wildman–Crippen MR) is 57.1 cm³/mol. The lowest BCUT2D eigenvalue weighted by Gasteiger charge is -2.13. The van der Waals surface area contributed by atoms with Crippen LogP contribution < -0.4 is 10.1 Å². The molecule has 1 N–H and O–H groups in total. The molecule has 0 aliphatic rings. The van der Waals surface area contributed by atoms with E-state index in [9.17, 15) is 10.1 Å². The second-order valence-electron chi connectivity index (χ2n) is 3.24. The number of nitrogens with zero attached hydrogens (tertiary/aromatic N) is 1. The van der Waals surface area contributed by atoms with E-state index >= 15 is 0 Å². The molecule has 15 heavy (non-hydrogen) atoms. The van der Waals surface area contributed by atoms with Gasteiger partial charge in [0.1, 0.15) is 11.9 Å². The Labute approximate surface area is 88.2 Å². The monoisotopic (exact) mass is 210 g/mol. The lowest BCUT2D eigenvalue weighted by Crippen LogP contribution is -2.25. The van der Waals surface area contributed by atoms with Crippen molar-refractivity contribution in [2.24, 2.45) is 0 Å². The van der Waals surface area contributed by atoms with Crippen molar-refractivity contribution in [2.45, 2.75) is 13.0 Å². The third-order valence-electron chi connectivity index (χ3n) is 1.86. The number of nitrogens with one attached hydrogen (secondary N) is 1. The van der Waals surface area contributed by atoms with Crippen LogP contribution in [0, 0.1) is 10.1 Å². The van der Waals surface area contributed by atoms with Crippen LogP contribution in [0.25, 0.3) is 0 Å². The first-order chi connectivity index (χ1) is 7.13. The molecule has 5 nitrogen and oxygen atoms in total. The number of nitro benzene ring substituents is 1. The molecular weight excluding hydrogens is 196 g/mol. The fourth-order valence-electron chi connectivity index (χ4n) is 1.23. The van der Waals surface area contributed by atoms with E-state index in [1.165, 1.54) is 12.1 Å². The number of nitro groups is 1. The van der Waals surface area contributed by atoms with Crippen molar-refractivity contribution in [1.29, 1.82) is 0 Å². The Balaban J connectivity index is 2.69. The molecule has 0 aliphatic carbocycles. The van der Waals surface area contributed by atoms with Gasteiger partial charge in [0.2, 0.25) is 0 Å². The van der Waals surface area contributed by atoms with Gasteiger partial charge in [-0.2, -0.15) is 0 Å². The van der Waals surface area contributed by atoms with Gasteiger partial charge in [-0.05, 0) is 20.0 Å². The van der Waals surface area contributed by atoms with E-state index in [4.69, 9.17) is 4.74 Å². The highest BCUT2D eigenvalue weighted by Gasteiger charge is 2.08. The summed E-state index contributed by atoms with van der Waals surface area (Å²) in [6, 6.07) is 6.18. The summed E-state index contributed by atoms with van der Waals surface area (Å²) in [6.45, 7) is 2.60. The van der Waals surface area contributed by atoms with E-state index in [1.807, 2.05) is 14.0 Å². The number of non-ortho nitro benzene ring substituents is 1. The van der Waals surface area contributed by atoms with Crippen LogP contribution in [0.1, 0.15) is 6.92 Å². The minimum Gasteiger partial charge on any atom is -0.489 e. The summed E-state index contributed by atoms with van der Waals surface area (Å²) in [5, 5.41) is 13.5. The highest BCUT2D eigenvalue weighted by Crippen LogP contribution is 2.19. The van der Waals surface area contributed by atoms with Gasteiger partial charge in [-0.1, -0.05) is 6.07 Å². The first kappa shape index (κ1) is 11.5. The fraction of sp³-hybridized carbons (Fsp3) is 0.400. The second kappa shape index (κ2) is 5.31. The Bertz CT molecular complexity index is 341. The molecule has 1 atom stereocenters. The van der Waals surface area contributed by atoms with Crippen LogP contribution in [0.5, 0.6) is 5.75 Å². The fourth-order valence-corrected chi connectivity index (χ4v) is 1.23. The van der Waals surface area contributed by atoms with Gasteiger partial charge < -0.3 is 10.1 Å². The Hall–Kier alpha value is -1.62. The van der Waals surface area contributed by atoms with Gasteiger partial charge in [-0.3, -0.25) is 10.1 Å². The quantitative estimate of drug-likeness (QED) is 0.592. The molecule has 0 spiro atoms. The molecule has 0 saturated carbocycles. The molecular formula is C10H14N2O3. The topological polar surface area (TPSA) is 64.4 Å². The number of hydrogen-bond donors (Lipinski definition) is 1. The molecule has 1 rings (SSSR count). The SMILES string of the molecule is CNCC(C)Oc1cccc([N+](=O)[O-])c1. The van der Waals surface area contributed by atoms with Gasteiger partial charge in [0.05, 0.1) is 11.0 Å². The lowest BCUT2D eigenvalue weighted by molar-refractivity contribution is -0.384. The molecule has 82 valence electrons. The van der Waals surface area contributed by atoms with Crippen LogP contribution in [-0.4, -0.2) is 24.6 Å². The Morgan fingerprint density at radius 3 is 2.93 bits per heavy atom. The summed E-state index contributed by atoms with van der Waals surface area (Å²) < 4.78 is 5.48. The van der Waals surface area contributed by atoms with Gasteiger partial charge in [0.15, 0.2) is 0 Å². The van der Waals surface area contributed by atoms with Crippen molar-refractivity contribution >= 4 is 5.69 Å². The molecule has 0 aromatic heterocycles. The maximum absolute atomic E-state index is 10.5. The maximum atomic E-state index is 10.5. The standard InChI is InChI=1S/C10H14N2O3/c1-8(7-11-2)15-10-5-3-4-9(6-10)12(13)14/h3-6,8,11H,7H2,1-2H3. The zero-order valence-electron chi connectivity index (χ0n) is 8.77. The number of hydrogen-bond acceptors (Lipinski definition) is 4. The Morgan fingerprint density at radius 2 is 2.33 bits per heavy atom. The highest BCUT2D eigenvalue weighted by molar-refractivity contribution is 5.38. The summed E-state index contributed by atoms with van der Waals surface area (Å²) in [5.74, 6) is 0.520. The van der Waals surface area contributed by atoms with Crippen molar-refractivity contribution in [3.05, 3.63) is 34.4 Å². The van der Waals surface area contributed by atoms with Gasteiger partial charge in [-0.15, -0.1) is 0 Å². The smallest absolute Gasteiger partial charge is 0.273 e. The molecule has 0 amide bonds. The predicted octanol–water partition coefficient (Wildman–Crippen LogP) is 1.58. The highest BCUT2D eigenvalue weighted by atomic mass is 16.6. The number of ether oxygens (including phenoxy) is 1. The minimum atomic E-state index is -0.435. The van der Waals surface area contributed by atoms with Gasteiger partial charge in [0, 0.05) is 12.6 Å². The van der Waals surface area contributed by atoms with E-state index in [-0.39, 0.29) is 11.8 Å². The van der Waals surface area contributed by atoms with Crippen molar-refractivity contribution in [1.82, 2.24) is 5.32 Å². The summed E-state index contributed by atoms with van der Waals surface area (Å²) in [7, 11) is 1.83. The number of likely N-dealkylation sites (N-methyl/N-ethyl adjacent to an activating group) is 1. The average Bonchev–Trinajstić information content (AvgIpc) is 2.18. The normalized spacial score (nSPS) is 12.1. The van der Waals surface area contributed by atoms with Crippen molar-refractivity contribution in [2.75, 3.05) is 13.6 Å². The molecule has 0 radical (unpaired) electrons. The minimum absolute atomic E-state index is 0.0167. The van der Waals surface area contributed by atoms with Crippen molar-refractivity contribution in [3.63, 3.8) is 0 Å². The third-order valence-corrected chi connectivity index (χ3v) is 1.86. The Kier molecular flexibility index (Phi) is 4.05. The van der Waals surface area contributed by atoms with Crippen LogP contribution >= 0.6 is 0 Å². The second-order valence-corrected chi connectivity index (χ2v) is 3.24. The van der Waals surface area contributed by atoms with Crippen molar-refractivity contribution < 1.29 is 9.66 Å². The summed E-state index contributed by atoms with van der Waals surface area (Å²) >= 11 is 0. The van der Waals surface area contributed by atoms with E-state index in [0.29, 0.717) is 12.3 Å². The van der Waals surface area contributed by atoms with Crippen LogP contribution in [-0.2, 0) is 0 Å². The molecule has 0 fully saturated rings. The van der Waals surface area contributed by atoms with Crippen LogP contribution in [0.3, 0.4) is 0 Å². The van der Waals surface area contributed by atoms with E-state index < -0.39 is 4.92 Å². The molecule has 0 bridgehead atoms. The largest absolute Gasteiger partial charge is 0.489 e. The van der Waals surface area contributed by atoms with Crippen LogP contribution in [0.15, 0.2) is 24.3 Å². The molecule has 0 saturated heterocycles. The van der Waals surface area contributed by atoms with Crippen molar-refractivity contribution in [3.8, 4) is 5.75 Å². The van der Waals surface area contributed by atoms with Crippen LogP contribution in [0.4, 0.5) is 5.69 Å². The number of benzene rings is 1. The zero-order chi connectivity index (χ0) is 11.3. The molecule has 5 heteroatoms. The van der Waals surface area contributed by atoms with Crippen LogP contribution in [0.2, 0.25) is 0 Å². The molecule has 1 aromatic carbocycles. The molecule has 0 heterocycles. The first-order valence-electron chi connectivity index (χ1n) is 4.69. The molecule has 1 aromatic rings. The lowest BCUT2D eigenvalue weighted by atomic mass is 10.3. The average molecular weight is 210 g/mol. The third kappa shape index (κ3) is 3.55. The van der Waals surface area contributed by atoms with E-state index in [2.05, 4.69) is 5.32 Å². The molecule has 0 aliphatic heterocycles. The first-order valence-corrected chi connectivity index (χ1v) is 4.69.